The first kappa shape index (κ1) is 8.94. The van der Waals surface area contributed by atoms with E-state index in [2.05, 4.69) is 24.4 Å². The Morgan fingerprint density at radius 1 is 1.54 bits per heavy atom. The molecule has 0 spiro atoms. The number of rotatable bonds is 1. The summed E-state index contributed by atoms with van der Waals surface area (Å²) in [4.78, 5) is 2.58. The lowest BCUT2D eigenvalue weighted by atomic mass is 10.1. The molecule has 13 heavy (non-hydrogen) atoms. The van der Waals surface area contributed by atoms with E-state index in [1.807, 2.05) is 6.08 Å². The Morgan fingerprint density at radius 3 is 3.00 bits per heavy atom. The van der Waals surface area contributed by atoms with Crippen LogP contribution in [0.3, 0.4) is 0 Å². The molecule has 0 amide bonds. The maximum atomic E-state index is 9.41. The molecule has 0 radical (unpaired) electrons. The standard InChI is InChI=1S/C10H13NOS/c1-7-2-3-10(13-7)8-4-9(12)6-11-5-8/h2-4,9,11-12H,5-6H2,1H3. The summed E-state index contributed by atoms with van der Waals surface area (Å²) in [5.74, 6) is 0. The largest absolute Gasteiger partial charge is 0.388 e. The van der Waals surface area contributed by atoms with Crippen molar-refractivity contribution in [3.05, 3.63) is 28.0 Å². The Bertz CT molecular complexity index is 329. The molecule has 0 bridgehead atoms. The first-order chi connectivity index (χ1) is 6.25. The van der Waals surface area contributed by atoms with Crippen LogP contribution in [0.15, 0.2) is 18.2 Å². The van der Waals surface area contributed by atoms with Crippen LogP contribution in [0, 0.1) is 6.92 Å². The van der Waals surface area contributed by atoms with Gasteiger partial charge in [0.2, 0.25) is 0 Å². The van der Waals surface area contributed by atoms with Crippen molar-refractivity contribution in [2.75, 3.05) is 13.1 Å². The van der Waals surface area contributed by atoms with Crippen molar-refractivity contribution in [1.82, 2.24) is 5.32 Å². The summed E-state index contributed by atoms with van der Waals surface area (Å²) in [7, 11) is 0. The van der Waals surface area contributed by atoms with Gasteiger partial charge in [0.15, 0.2) is 0 Å². The molecule has 0 saturated carbocycles. The van der Waals surface area contributed by atoms with Gasteiger partial charge < -0.3 is 10.4 Å². The van der Waals surface area contributed by atoms with Crippen LogP contribution in [0.4, 0.5) is 0 Å². The van der Waals surface area contributed by atoms with Gasteiger partial charge in [0.05, 0.1) is 6.10 Å². The lowest BCUT2D eigenvalue weighted by Gasteiger charge is -2.17. The van der Waals surface area contributed by atoms with Gasteiger partial charge >= 0.3 is 0 Å². The van der Waals surface area contributed by atoms with E-state index < -0.39 is 0 Å². The number of β-amino-alcohol motifs (C(OH)–C–C–N with tert-alkyl or cyclic N) is 1. The number of aryl methyl sites for hydroxylation is 1. The van der Waals surface area contributed by atoms with Gasteiger partial charge in [0.1, 0.15) is 0 Å². The molecule has 1 aliphatic heterocycles. The summed E-state index contributed by atoms with van der Waals surface area (Å²) < 4.78 is 0. The first-order valence-electron chi connectivity index (χ1n) is 4.42. The van der Waals surface area contributed by atoms with Crippen LogP contribution < -0.4 is 5.32 Å². The third-order valence-corrected chi connectivity index (χ3v) is 3.20. The Hall–Kier alpha value is -0.640. The summed E-state index contributed by atoms with van der Waals surface area (Å²) >= 11 is 1.78. The van der Waals surface area contributed by atoms with Crippen molar-refractivity contribution in [2.24, 2.45) is 0 Å². The van der Waals surface area contributed by atoms with E-state index in [9.17, 15) is 5.11 Å². The molecule has 0 aliphatic carbocycles. The molecular formula is C10H13NOS. The van der Waals surface area contributed by atoms with Crippen molar-refractivity contribution in [3.63, 3.8) is 0 Å². The molecule has 2 N–H and O–H groups in total. The molecule has 1 aliphatic rings. The fourth-order valence-electron chi connectivity index (χ4n) is 1.48. The van der Waals surface area contributed by atoms with Crippen LogP contribution >= 0.6 is 11.3 Å². The summed E-state index contributed by atoms with van der Waals surface area (Å²) in [6, 6.07) is 4.23. The van der Waals surface area contributed by atoms with Crippen LogP contribution in [0.2, 0.25) is 0 Å². The smallest absolute Gasteiger partial charge is 0.0852 e. The van der Waals surface area contributed by atoms with E-state index in [0.29, 0.717) is 6.54 Å². The Morgan fingerprint density at radius 2 is 2.38 bits per heavy atom. The number of hydrogen-bond acceptors (Lipinski definition) is 3. The lowest BCUT2D eigenvalue weighted by Crippen LogP contribution is -2.31. The minimum atomic E-state index is -0.328. The Balaban J connectivity index is 2.25. The van der Waals surface area contributed by atoms with Crippen LogP contribution in [0.25, 0.3) is 5.57 Å². The fraction of sp³-hybridized carbons (Fsp3) is 0.400. The van der Waals surface area contributed by atoms with E-state index >= 15 is 0 Å². The summed E-state index contributed by atoms with van der Waals surface area (Å²) in [5.41, 5.74) is 1.22. The summed E-state index contributed by atoms with van der Waals surface area (Å²) in [6.07, 6.45) is 1.62. The monoisotopic (exact) mass is 195 g/mol. The number of hydrogen-bond donors (Lipinski definition) is 2. The van der Waals surface area contributed by atoms with Crippen LogP contribution in [-0.2, 0) is 0 Å². The van der Waals surface area contributed by atoms with Gasteiger partial charge in [0, 0.05) is 22.8 Å². The molecule has 2 rings (SSSR count). The van der Waals surface area contributed by atoms with Gasteiger partial charge in [-0.25, -0.2) is 0 Å². The van der Waals surface area contributed by atoms with Gasteiger partial charge in [-0.3, -0.25) is 0 Å². The second kappa shape index (κ2) is 3.62. The fourth-order valence-corrected chi connectivity index (χ4v) is 2.37. The van der Waals surface area contributed by atoms with Crippen LogP contribution in [-0.4, -0.2) is 24.3 Å². The maximum Gasteiger partial charge on any atom is 0.0852 e. The quantitative estimate of drug-likeness (QED) is 0.710. The van der Waals surface area contributed by atoms with Crippen molar-refractivity contribution in [3.8, 4) is 0 Å². The molecular weight excluding hydrogens is 182 g/mol. The average molecular weight is 195 g/mol. The highest BCUT2D eigenvalue weighted by atomic mass is 32.1. The number of aliphatic hydroxyl groups is 1. The van der Waals surface area contributed by atoms with Gasteiger partial charge in [-0.05, 0) is 30.7 Å². The highest BCUT2D eigenvalue weighted by Gasteiger charge is 2.12. The first-order valence-corrected chi connectivity index (χ1v) is 5.23. The van der Waals surface area contributed by atoms with E-state index in [1.165, 1.54) is 15.3 Å². The van der Waals surface area contributed by atoms with E-state index in [-0.39, 0.29) is 6.10 Å². The highest BCUT2D eigenvalue weighted by molar-refractivity contribution is 7.13. The van der Waals surface area contributed by atoms with Crippen molar-refractivity contribution >= 4 is 16.9 Å². The highest BCUT2D eigenvalue weighted by Crippen LogP contribution is 2.24. The average Bonchev–Trinajstić information content (AvgIpc) is 2.52. The zero-order chi connectivity index (χ0) is 9.26. The second-order valence-electron chi connectivity index (χ2n) is 3.30. The van der Waals surface area contributed by atoms with Gasteiger partial charge in [-0.1, -0.05) is 0 Å². The third-order valence-electron chi connectivity index (χ3n) is 2.12. The van der Waals surface area contributed by atoms with Crippen LogP contribution in [0.5, 0.6) is 0 Å². The van der Waals surface area contributed by atoms with E-state index in [0.717, 1.165) is 6.54 Å². The topological polar surface area (TPSA) is 32.3 Å². The predicted octanol–water partition coefficient (Wildman–Crippen LogP) is 1.40. The maximum absolute atomic E-state index is 9.41. The van der Waals surface area contributed by atoms with Gasteiger partial charge in [0.25, 0.3) is 0 Å². The molecule has 2 nitrogen and oxygen atoms in total. The second-order valence-corrected chi connectivity index (χ2v) is 4.59. The molecule has 1 aromatic rings. The minimum absolute atomic E-state index is 0.328. The predicted molar refractivity (Wildman–Crippen MR) is 55.9 cm³/mol. The number of aliphatic hydroxyl groups excluding tert-OH is 1. The zero-order valence-corrected chi connectivity index (χ0v) is 8.40. The third kappa shape index (κ3) is 1.99. The molecule has 0 fully saturated rings. The molecule has 0 aromatic carbocycles. The van der Waals surface area contributed by atoms with Gasteiger partial charge in [-0.2, -0.15) is 0 Å². The SMILES string of the molecule is Cc1ccc(C2=CC(O)CNC2)s1. The normalized spacial score (nSPS) is 22.9. The van der Waals surface area contributed by atoms with Crippen molar-refractivity contribution in [1.29, 1.82) is 0 Å². The van der Waals surface area contributed by atoms with Crippen molar-refractivity contribution < 1.29 is 5.11 Å². The molecule has 1 aromatic heterocycles. The summed E-state index contributed by atoms with van der Waals surface area (Å²) in [5, 5.41) is 12.6. The minimum Gasteiger partial charge on any atom is -0.388 e. The summed E-state index contributed by atoms with van der Waals surface area (Å²) in [6.45, 7) is 3.65. The van der Waals surface area contributed by atoms with E-state index in [4.69, 9.17) is 0 Å². The van der Waals surface area contributed by atoms with Gasteiger partial charge in [-0.15, -0.1) is 11.3 Å². The number of nitrogens with one attached hydrogen (secondary N) is 1. The Kier molecular flexibility index (Phi) is 2.49. The molecule has 70 valence electrons. The van der Waals surface area contributed by atoms with Crippen LogP contribution in [0.1, 0.15) is 9.75 Å². The molecule has 1 unspecified atom stereocenters. The molecule has 0 saturated heterocycles. The van der Waals surface area contributed by atoms with Crippen molar-refractivity contribution in [2.45, 2.75) is 13.0 Å². The zero-order valence-electron chi connectivity index (χ0n) is 7.58. The van der Waals surface area contributed by atoms with E-state index in [1.54, 1.807) is 11.3 Å². The molecule has 1 atom stereocenters. The lowest BCUT2D eigenvalue weighted by molar-refractivity contribution is 0.217. The molecule has 2 heterocycles. The molecule has 3 heteroatoms. The Labute approximate surface area is 81.9 Å². The number of thiophene rings is 1.